The lowest BCUT2D eigenvalue weighted by molar-refractivity contribution is -0.133. The highest BCUT2D eigenvalue weighted by Crippen LogP contribution is 2.33. The molecule has 2 aromatic rings. The molecule has 2 aliphatic rings. The summed E-state index contributed by atoms with van der Waals surface area (Å²) in [5.41, 5.74) is -1.52. The molecule has 2 fully saturated rings. The van der Waals surface area contributed by atoms with E-state index in [9.17, 15) is 19.2 Å². The van der Waals surface area contributed by atoms with E-state index in [0.29, 0.717) is 5.56 Å². The summed E-state index contributed by atoms with van der Waals surface area (Å²) in [5.74, 6) is -0.795. The Kier molecular flexibility index (Phi) is 4.11. The lowest BCUT2D eigenvalue weighted by atomic mass is 9.88. The zero-order valence-electron chi connectivity index (χ0n) is 16.5. The molecule has 4 rings (SSSR count). The van der Waals surface area contributed by atoms with Crippen molar-refractivity contribution in [2.24, 2.45) is 0 Å². The predicted molar refractivity (Wildman–Crippen MR) is 106 cm³/mol. The topological polar surface area (TPSA) is 98.8 Å². The van der Waals surface area contributed by atoms with Gasteiger partial charge in [-0.3, -0.25) is 19.4 Å². The van der Waals surface area contributed by atoms with Gasteiger partial charge in [-0.15, -0.1) is 0 Å². The van der Waals surface area contributed by atoms with Gasteiger partial charge in [-0.1, -0.05) is 42.5 Å². The van der Waals surface area contributed by atoms with E-state index in [1.54, 1.807) is 20.8 Å². The minimum atomic E-state index is -1.23. The van der Waals surface area contributed by atoms with Gasteiger partial charge in [0.2, 0.25) is 0 Å². The Labute approximate surface area is 167 Å². The van der Waals surface area contributed by atoms with Gasteiger partial charge >= 0.3 is 12.1 Å². The van der Waals surface area contributed by atoms with Crippen molar-refractivity contribution in [2.45, 2.75) is 31.8 Å². The highest BCUT2D eigenvalue weighted by Gasteiger charge is 2.50. The third kappa shape index (κ3) is 2.83. The molecule has 8 nitrogen and oxygen atoms in total. The van der Waals surface area contributed by atoms with Crippen molar-refractivity contribution in [1.29, 1.82) is 0 Å². The first-order valence-corrected chi connectivity index (χ1v) is 9.41. The Hall–Kier alpha value is -3.42. The van der Waals surface area contributed by atoms with E-state index >= 15 is 0 Å². The second-order valence-corrected chi connectivity index (χ2v) is 8.05. The number of hydrogen-bond donors (Lipinski definition) is 2. The van der Waals surface area contributed by atoms with Gasteiger partial charge in [-0.25, -0.2) is 9.59 Å². The molecule has 1 unspecified atom stereocenters. The molecule has 0 saturated carbocycles. The Balaban J connectivity index is 1.59. The average Bonchev–Trinajstić information content (AvgIpc) is 3.02. The molecular weight excluding hydrogens is 372 g/mol. The van der Waals surface area contributed by atoms with E-state index < -0.39 is 29.0 Å². The first kappa shape index (κ1) is 18.9. The summed E-state index contributed by atoms with van der Waals surface area (Å²) < 4.78 is 0. The van der Waals surface area contributed by atoms with Crippen LogP contribution in [0.25, 0.3) is 10.8 Å². The molecule has 8 heteroatoms. The Bertz CT molecular complexity index is 1060. The molecule has 2 aromatic carbocycles. The van der Waals surface area contributed by atoms with Crippen LogP contribution in [0.15, 0.2) is 42.5 Å². The second-order valence-electron chi connectivity index (χ2n) is 8.05. The Morgan fingerprint density at radius 2 is 1.34 bits per heavy atom. The zero-order chi connectivity index (χ0) is 21.0. The number of rotatable bonds is 4. The van der Waals surface area contributed by atoms with Gasteiger partial charge in [-0.2, -0.15) is 0 Å². The van der Waals surface area contributed by atoms with Gasteiger partial charge in [-0.05, 0) is 37.1 Å². The normalized spacial score (nSPS) is 23.7. The molecule has 0 spiro atoms. The summed E-state index contributed by atoms with van der Waals surface area (Å²) in [4.78, 5) is 52.3. The summed E-state index contributed by atoms with van der Waals surface area (Å²) in [6, 6.07) is 12.2. The van der Waals surface area contributed by atoms with Crippen molar-refractivity contribution in [2.75, 3.05) is 13.1 Å². The maximum Gasteiger partial charge on any atom is 0.325 e. The number of urea groups is 2. The van der Waals surface area contributed by atoms with E-state index in [2.05, 4.69) is 10.6 Å². The predicted octanol–water partition coefficient (Wildman–Crippen LogP) is 1.94. The van der Waals surface area contributed by atoms with Crippen LogP contribution in [-0.4, -0.2) is 52.3 Å². The number of hydrogen-bond acceptors (Lipinski definition) is 4. The van der Waals surface area contributed by atoms with E-state index in [4.69, 9.17) is 0 Å². The van der Waals surface area contributed by atoms with Crippen LogP contribution < -0.4 is 10.6 Å². The molecule has 0 radical (unpaired) electrons. The molecule has 0 bridgehead atoms. The number of carbonyl (C=O) groups is 4. The molecule has 0 aliphatic carbocycles. The van der Waals surface area contributed by atoms with Crippen LogP contribution in [-0.2, 0) is 15.1 Å². The van der Waals surface area contributed by atoms with Crippen LogP contribution in [0.1, 0.15) is 26.3 Å². The zero-order valence-corrected chi connectivity index (χ0v) is 16.5. The smallest absolute Gasteiger partial charge is 0.324 e. The molecule has 29 heavy (non-hydrogen) atoms. The fourth-order valence-electron chi connectivity index (χ4n) is 3.96. The lowest BCUT2D eigenvalue weighted by Gasteiger charge is -2.24. The molecule has 2 heterocycles. The van der Waals surface area contributed by atoms with Crippen molar-refractivity contribution in [3.8, 4) is 0 Å². The first-order valence-electron chi connectivity index (χ1n) is 9.41. The molecule has 2 saturated heterocycles. The van der Waals surface area contributed by atoms with Crippen molar-refractivity contribution >= 4 is 34.6 Å². The monoisotopic (exact) mass is 394 g/mol. The molecule has 6 amide bonds. The fourth-order valence-corrected chi connectivity index (χ4v) is 3.96. The maximum absolute atomic E-state index is 13.2. The molecule has 1 atom stereocenters. The lowest BCUT2D eigenvalue weighted by Crippen LogP contribution is -2.44. The van der Waals surface area contributed by atoms with E-state index in [0.717, 1.165) is 20.6 Å². The summed E-state index contributed by atoms with van der Waals surface area (Å²) >= 11 is 0. The van der Waals surface area contributed by atoms with Crippen molar-refractivity contribution < 1.29 is 19.2 Å². The highest BCUT2D eigenvalue weighted by atomic mass is 16.2. The van der Waals surface area contributed by atoms with Gasteiger partial charge in [0.1, 0.15) is 11.1 Å². The molecule has 150 valence electrons. The van der Waals surface area contributed by atoms with Crippen LogP contribution in [0, 0.1) is 0 Å². The van der Waals surface area contributed by atoms with Gasteiger partial charge in [0, 0.05) is 13.1 Å². The number of amides is 6. The average molecular weight is 394 g/mol. The number of nitrogens with zero attached hydrogens (tertiary/aromatic N) is 2. The van der Waals surface area contributed by atoms with Gasteiger partial charge in [0.05, 0.1) is 0 Å². The highest BCUT2D eigenvalue weighted by molar-refractivity contribution is 6.09. The van der Waals surface area contributed by atoms with E-state index in [1.807, 2.05) is 42.5 Å². The molecule has 0 aromatic heterocycles. The van der Waals surface area contributed by atoms with E-state index in [-0.39, 0.29) is 19.0 Å². The van der Waals surface area contributed by atoms with Crippen molar-refractivity contribution in [1.82, 2.24) is 20.4 Å². The van der Waals surface area contributed by atoms with Gasteiger partial charge in [0.15, 0.2) is 0 Å². The summed E-state index contributed by atoms with van der Waals surface area (Å²) in [6.45, 7) is 4.77. The third-order valence-electron chi connectivity index (χ3n) is 5.59. The van der Waals surface area contributed by atoms with Crippen LogP contribution in [0.4, 0.5) is 9.59 Å². The Morgan fingerprint density at radius 1 is 0.759 bits per heavy atom. The van der Waals surface area contributed by atoms with Crippen LogP contribution in [0.3, 0.4) is 0 Å². The maximum atomic E-state index is 13.2. The SMILES string of the molecule is CC1(C)NC(=O)N(CCN2C(=O)NC(C)(c3cccc4ccccc34)C2=O)C1=O. The number of benzene rings is 2. The Morgan fingerprint density at radius 3 is 2.00 bits per heavy atom. The summed E-state index contributed by atoms with van der Waals surface area (Å²) in [6.07, 6.45) is 0. The second kappa shape index (κ2) is 6.30. The van der Waals surface area contributed by atoms with Crippen molar-refractivity contribution in [3.05, 3.63) is 48.0 Å². The molecule has 2 aliphatic heterocycles. The largest absolute Gasteiger partial charge is 0.325 e. The minimum absolute atomic E-state index is 0.0567. The quantitative estimate of drug-likeness (QED) is 0.774. The minimum Gasteiger partial charge on any atom is -0.324 e. The van der Waals surface area contributed by atoms with Crippen LogP contribution >= 0.6 is 0 Å². The number of imide groups is 2. The first-order chi connectivity index (χ1) is 13.6. The number of nitrogens with one attached hydrogen (secondary N) is 2. The number of carbonyl (C=O) groups excluding carboxylic acids is 4. The summed E-state index contributed by atoms with van der Waals surface area (Å²) in [7, 11) is 0. The fraction of sp³-hybridized carbons (Fsp3) is 0.333. The summed E-state index contributed by atoms with van der Waals surface area (Å²) in [5, 5.41) is 7.22. The third-order valence-corrected chi connectivity index (χ3v) is 5.59. The van der Waals surface area contributed by atoms with Gasteiger partial charge in [0.25, 0.3) is 11.8 Å². The van der Waals surface area contributed by atoms with Crippen LogP contribution in [0.2, 0.25) is 0 Å². The number of fused-ring (bicyclic) bond motifs is 1. The molecule has 2 N–H and O–H groups in total. The van der Waals surface area contributed by atoms with Gasteiger partial charge < -0.3 is 10.6 Å². The van der Waals surface area contributed by atoms with E-state index in [1.165, 1.54) is 0 Å². The van der Waals surface area contributed by atoms with Crippen molar-refractivity contribution in [3.63, 3.8) is 0 Å². The van der Waals surface area contributed by atoms with Crippen LogP contribution in [0.5, 0.6) is 0 Å². The molecular formula is C21H22N4O4. The standard InChI is InChI=1S/C21H22N4O4/c1-20(2)16(26)24(18(28)22-20)11-12-25-17(27)21(3,23-19(25)29)15-10-6-8-13-7-4-5-9-14(13)15/h4-10H,11-12H2,1-3H3,(H,22,28)(H,23,29).